The molecule has 5 heterocycles. The van der Waals surface area contributed by atoms with Crippen LogP contribution in [0.2, 0.25) is 0 Å². The minimum Gasteiger partial charge on any atom is -0.726 e. The van der Waals surface area contributed by atoms with E-state index in [1.807, 2.05) is 20.8 Å². The van der Waals surface area contributed by atoms with Crippen molar-refractivity contribution in [3.05, 3.63) is 23.3 Å². The van der Waals surface area contributed by atoms with Gasteiger partial charge in [0.2, 0.25) is 10.4 Å². The standard InChI is InChI=1S/C56H92O26S.Na/c1-22(2)11-10-16-56(9,68)34-13-12-29-28-20-32(31-19-27(82-83(69,70)71)14-17-54(31,7)30(28)15-18-55(29,34)8)77-51-45(67)46(38(60)26(6)75-51)79-52-47(80-49-43(65)40(62)35(57)23(3)73-49)39(61)33(21-72-52)78-53-48(42(64)37(59)25(5)76-53)81-50-44(66)41(63)36(58)24(4)74-50;/h11,15,23-29,31-53,57-68H,10,12-14,16-21H2,1-9H3,(H,69,70,71);/q;+1/p-1/t23?,24?,25?,26?,27-,28?,29?,31?,32-,33?,34-,35?,36?,37?,38?,39?,40?,41?,42?,43?,44?,45?,46?,47?,48?,49?,50?,51?,52?,53?,54+,55-,56-;/m0./s1. The molecular weight excluding hydrogens is 1140 g/mol. The van der Waals surface area contributed by atoms with E-state index >= 15 is 0 Å². The molecule has 0 aromatic rings. The summed E-state index contributed by atoms with van der Waals surface area (Å²) in [5.41, 5.74) is 0.495. The van der Waals surface area contributed by atoms with E-state index in [1.54, 1.807) is 0 Å². The fraction of sp³-hybridized carbons (Fsp3) is 0.929. The number of hydrogen-bond acceptors (Lipinski definition) is 26. The zero-order valence-corrected chi connectivity index (χ0v) is 52.4. The molecule has 4 aliphatic carbocycles. The monoisotopic (exact) mass is 1230 g/mol. The van der Waals surface area contributed by atoms with Crippen molar-refractivity contribution in [3.63, 3.8) is 0 Å². The van der Waals surface area contributed by atoms with Gasteiger partial charge in [-0.25, -0.2) is 8.42 Å². The van der Waals surface area contributed by atoms with Gasteiger partial charge in [-0.15, -0.1) is 0 Å². The van der Waals surface area contributed by atoms with Crippen molar-refractivity contribution in [2.24, 2.45) is 34.5 Å². The maximum Gasteiger partial charge on any atom is 1.00 e. The summed E-state index contributed by atoms with van der Waals surface area (Å²) >= 11 is 0. The summed E-state index contributed by atoms with van der Waals surface area (Å²) < 4.78 is 103. The van der Waals surface area contributed by atoms with E-state index in [0.717, 1.165) is 19.3 Å². The third-order valence-corrected chi connectivity index (χ3v) is 20.8. The molecule has 9 aliphatic rings. The molecule has 0 bridgehead atoms. The number of fused-ring (bicyclic) bond motifs is 5. The molecule has 9 rings (SSSR count). The summed E-state index contributed by atoms with van der Waals surface area (Å²) in [6.45, 7) is 15.5. The summed E-state index contributed by atoms with van der Waals surface area (Å²) in [6.07, 6.45) is -31.5. The second kappa shape index (κ2) is 27.0. The Kier molecular flexibility index (Phi) is 22.3. The average Bonchev–Trinajstić information content (AvgIpc) is 1.50. The first-order chi connectivity index (χ1) is 38.8. The van der Waals surface area contributed by atoms with E-state index in [4.69, 9.17) is 51.6 Å². The van der Waals surface area contributed by atoms with Gasteiger partial charge in [0.15, 0.2) is 31.5 Å². The molecule has 27 unspecified atom stereocenters. The van der Waals surface area contributed by atoms with Crippen LogP contribution in [0.1, 0.15) is 120 Å². The number of aliphatic hydroxyl groups is 12. The Hall–Kier alpha value is -0.530. The Morgan fingerprint density at radius 2 is 1.14 bits per heavy atom. The van der Waals surface area contributed by atoms with Gasteiger partial charge in [0.25, 0.3) is 0 Å². The maximum atomic E-state index is 12.4. The molecule has 12 N–H and O–H groups in total. The molecule has 8 fully saturated rings. The largest absolute Gasteiger partial charge is 1.00 e. The van der Waals surface area contributed by atoms with Gasteiger partial charge < -0.3 is 113 Å². The van der Waals surface area contributed by atoms with Crippen LogP contribution in [0.15, 0.2) is 23.3 Å². The van der Waals surface area contributed by atoms with Gasteiger partial charge in [-0.3, -0.25) is 4.18 Å². The van der Waals surface area contributed by atoms with Crippen LogP contribution in [0.4, 0.5) is 0 Å². The first kappa shape index (κ1) is 69.4. The third-order valence-electron chi connectivity index (χ3n) is 20.3. The molecule has 0 aromatic carbocycles. The average molecular weight is 1240 g/mol. The summed E-state index contributed by atoms with van der Waals surface area (Å²) in [4.78, 5) is 0. The molecule has 3 saturated carbocycles. The van der Waals surface area contributed by atoms with Crippen molar-refractivity contribution < 1.29 is 155 Å². The van der Waals surface area contributed by atoms with Crippen molar-refractivity contribution in [1.82, 2.24) is 0 Å². The Morgan fingerprint density at radius 3 is 1.71 bits per heavy atom. The van der Waals surface area contributed by atoms with E-state index in [0.29, 0.717) is 25.7 Å². The van der Waals surface area contributed by atoms with E-state index in [9.17, 15) is 74.2 Å². The van der Waals surface area contributed by atoms with Crippen molar-refractivity contribution in [2.75, 3.05) is 6.61 Å². The second-order valence-electron chi connectivity index (χ2n) is 26.1. The summed E-state index contributed by atoms with van der Waals surface area (Å²) in [7, 11) is -5.10. The zero-order valence-electron chi connectivity index (χ0n) is 49.5. The Balaban J connectivity index is 0.00000920. The van der Waals surface area contributed by atoms with Crippen LogP contribution in [0.3, 0.4) is 0 Å². The predicted molar refractivity (Wildman–Crippen MR) is 282 cm³/mol. The van der Waals surface area contributed by atoms with E-state index in [-0.39, 0.29) is 65.6 Å². The number of hydrogen-bond donors (Lipinski definition) is 12. The van der Waals surface area contributed by atoms with Gasteiger partial charge in [-0.05, 0) is 141 Å². The van der Waals surface area contributed by atoms with Gasteiger partial charge in [0, 0.05) is 0 Å². The Morgan fingerprint density at radius 1 is 0.631 bits per heavy atom. The second-order valence-corrected chi connectivity index (χ2v) is 27.1. The van der Waals surface area contributed by atoms with E-state index < -0.39 is 194 Å². The summed E-state index contributed by atoms with van der Waals surface area (Å²) in [5.74, 6) is -0.480. The first-order valence-corrected chi connectivity index (χ1v) is 30.8. The zero-order chi connectivity index (χ0) is 60.7. The Bertz CT molecular complexity index is 2390. The fourth-order valence-electron chi connectivity index (χ4n) is 15.5. The van der Waals surface area contributed by atoms with Crippen molar-refractivity contribution in [2.45, 2.75) is 285 Å². The molecule has 5 aliphatic heterocycles. The maximum absolute atomic E-state index is 12.4. The van der Waals surface area contributed by atoms with Crippen LogP contribution in [-0.4, -0.2) is 246 Å². The molecule has 5 saturated heterocycles. The third kappa shape index (κ3) is 13.8. The van der Waals surface area contributed by atoms with Crippen molar-refractivity contribution in [3.8, 4) is 0 Å². The SMILES string of the molecule is CC(C)=CCC[C@](C)(O)[C@H]1CCC2C3C[C@H](OC4OC(C)C(O)C(OC5OCC(OC6OC(C)C(O)C(O)C6OC6OC(C)C(O)C(O)C6O)C(O)C5OC5OC(C)C(O)C(O)C5O)C4O)C4C[C@@H](OS(=O)(=O)[O-])CC[C@]4(C)C3=CC[C@@]21C.[Na+]. The van der Waals surface area contributed by atoms with Gasteiger partial charge in [-0.2, -0.15) is 0 Å². The van der Waals surface area contributed by atoms with E-state index in [1.165, 1.54) is 38.8 Å². The quantitative estimate of drug-likeness (QED) is 0.0301. The first-order valence-electron chi connectivity index (χ1n) is 29.5. The van der Waals surface area contributed by atoms with Gasteiger partial charge in [0.1, 0.15) is 91.6 Å². The fourth-order valence-corrected chi connectivity index (χ4v) is 16.0. The number of ether oxygens (including phenoxy) is 10. The van der Waals surface area contributed by atoms with Crippen LogP contribution in [0, 0.1) is 34.5 Å². The number of aliphatic hydroxyl groups excluding tert-OH is 11. The number of rotatable bonds is 16. The van der Waals surface area contributed by atoms with Crippen LogP contribution >= 0.6 is 0 Å². The molecule has 0 spiro atoms. The van der Waals surface area contributed by atoms with Crippen LogP contribution in [0.5, 0.6) is 0 Å². The molecule has 478 valence electrons. The Labute approximate surface area is 512 Å². The molecule has 0 aromatic heterocycles. The smallest absolute Gasteiger partial charge is 0.726 e. The topological polar surface area (TPSA) is 401 Å². The molecule has 33 atom stereocenters. The molecular formula is C56H91NaO26S. The molecule has 0 amide bonds. The molecule has 26 nitrogen and oxygen atoms in total. The summed E-state index contributed by atoms with van der Waals surface area (Å²) in [6, 6.07) is 0. The normalized spacial score (nSPS) is 51.5. The van der Waals surface area contributed by atoms with Gasteiger partial charge in [-0.1, -0.05) is 37.1 Å². The molecule has 28 heteroatoms. The molecule has 0 radical (unpaired) electrons. The van der Waals surface area contributed by atoms with Crippen molar-refractivity contribution >= 4 is 10.4 Å². The minimum absolute atomic E-state index is 0. The van der Waals surface area contributed by atoms with Crippen LogP contribution < -0.4 is 29.6 Å². The summed E-state index contributed by atoms with van der Waals surface area (Å²) in [5, 5.41) is 135. The van der Waals surface area contributed by atoms with E-state index in [2.05, 4.69) is 26.0 Å². The van der Waals surface area contributed by atoms with Crippen LogP contribution in [0.25, 0.3) is 0 Å². The van der Waals surface area contributed by atoms with Crippen LogP contribution in [-0.2, 0) is 62.0 Å². The van der Waals surface area contributed by atoms with Gasteiger partial charge >= 0.3 is 29.6 Å². The number of allylic oxidation sites excluding steroid dienone is 4. The van der Waals surface area contributed by atoms with Gasteiger partial charge in [0.05, 0.1) is 48.8 Å². The van der Waals surface area contributed by atoms with Crippen molar-refractivity contribution in [1.29, 1.82) is 0 Å². The predicted octanol–water partition coefficient (Wildman–Crippen LogP) is -4.25. The molecule has 84 heavy (non-hydrogen) atoms. The minimum atomic E-state index is -5.10.